The molecule has 0 aliphatic carbocycles. The molecule has 2 aliphatic rings. The minimum Gasteiger partial charge on any atom is -0.477 e. The summed E-state index contributed by atoms with van der Waals surface area (Å²) in [6, 6.07) is 12.3. The fourth-order valence-electron chi connectivity index (χ4n) is 3.59. The Morgan fingerprint density at radius 2 is 1.83 bits per heavy atom. The zero-order chi connectivity index (χ0) is 20.7. The van der Waals surface area contributed by atoms with Gasteiger partial charge in [0.25, 0.3) is 0 Å². The molecule has 0 saturated carbocycles. The average Bonchev–Trinajstić information content (AvgIpc) is 3.04. The van der Waals surface area contributed by atoms with Crippen LogP contribution >= 0.6 is 11.8 Å². The van der Waals surface area contributed by atoms with Gasteiger partial charge in [0.15, 0.2) is 12.4 Å². The Kier molecular flexibility index (Phi) is 4.97. The summed E-state index contributed by atoms with van der Waals surface area (Å²) in [7, 11) is 0. The summed E-state index contributed by atoms with van der Waals surface area (Å²) in [5.74, 6) is -2.24. The van der Waals surface area contributed by atoms with Gasteiger partial charge in [-0.25, -0.2) is 4.79 Å². The molecule has 0 radical (unpaired) electrons. The molecule has 29 heavy (non-hydrogen) atoms. The number of carbonyl (C=O) groups is 3. The summed E-state index contributed by atoms with van der Waals surface area (Å²) in [6.07, 6.45) is 2.78. The molecule has 4 rings (SSSR count). The van der Waals surface area contributed by atoms with Crippen LogP contribution in [0.25, 0.3) is 4.91 Å². The number of rotatable bonds is 6. The lowest BCUT2D eigenvalue weighted by Gasteiger charge is -2.43. The molecule has 3 atom stereocenters. The Bertz CT molecular complexity index is 1020. The molecule has 1 aromatic heterocycles. The average molecular weight is 411 g/mol. The van der Waals surface area contributed by atoms with Crippen LogP contribution in [0, 0.1) is 5.92 Å². The minimum atomic E-state index is -1.19. The standard InChI is InChI=1S/C21H18N2O5S/c1-12(24)16-19(26)23-17(21(27)28)18(29-20(16)23)14-7-5-13(6-8-14)15(25)11-22-9-3-2-4-10-22/h2-10,12,16,20,24H,11H2,1H3/p+1/t12-,16+,20-/m1/s1. The highest BCUT2D eigenvalue weighted by atomic mass is 32.2. The number of β-lactam (4-membered cyclic amide) rings is 1. The summed E-state index contributed by atoms with van der Waals surface area (Å²) >= 11 is 1.26. The minimum absolute atomic E-state index is 0.0626. The summed E-state index contributed by atoms with van der Waals surface area (Å²) in [5, 5.41) is 19.0. The molecule has 2 aliphatic heterocycles. The zero-order valence-corrected chi connectivity index (χ0v) is 16.4. The molecule has 0 bridgehead atoms. The van der Waals surface area contributed by atoms with E-state index in [0.717, 1.165) is 0 Å². The second-order valence-electron chi connectivity index (χ2n) is 7.01. The molecule has 1 fully saturated rings. The summed E-state index contributed by atoms with van der Waals surface area (Å²) in [5.41, 5.74) is 1.08. The summed E-state index contributed by atoms with van der Waals surface area (Å²) in [4.78, 5) is 38.3. The molecular formula is C21H19N2O5S+. The van der Waals surface area contributed by atoms with E-state index in [1.807, 2.05) is 30.6 Å². The van der Waals surface area contributed by atoms with E-state index in [4.69, 9.17) is 0 Å². The fourth-order valence-corrected chi connectivity index (χ4v) is 5.21. The number of ketones is 1. The number of hydrogen-bond acceptors (Lipinski definition) is 5. The van der Waals surface area contributed by atoms with E-state index in [1.54, 1.807) is 28.8 Å². The van der Waals surface area contributed by atoms with Crippen molar-refractivity contribution in [2.45, 2.75) is 24.9 Å². The first-order chi connectivity index (χ1) is 13.9. The largest absolute Gasteiger partial charge is 0.477 e. The predicted molar refractivity (Wildman–Crippen MR) is 105 cm³/mol. The van der Waals surface area contributed by atoms with E-state index in [2.05, 4.69) is 0 Å². The number of benzene rings is 1. The van der Waals surface area contributed by atoms with Crippen LogP contribution in [-0.4, -0.2) is 44.3 Å². The topological polar surface area (TPSA) is 98.8 Å². The molecule has 1 aromatic carbocycles. The highest BCUT2D eigenvalue weighted by Crippen LogP contribution is 2.53. The van der Waals surface area contributed by atoms with Crippen molar-refractivity contribution in [1.82, 2.24) is 4.90 Å². The molecule has 8 heteroatoms. The van der Waals surface area contributed by atoms with E-state index >= 15 is 0 Å². The third-order valence-electron chi connectivity index (χ3n) is 5.07. The number of hydrogen-bond donors (Lipinski definition) is 2. The highest BCUT2D eigenvalue weighted by molar-refractivity contribution is 8.09. The van der Waals surface area contributed by atoms with Gasteiger partial charge in [0.05, 0.1) is 12.0 Å². The van der Waals surface area contributed by atoms with Crippen molar-refractivity contribution < 1.29 is 29.2 Å². The Morgan fingerprint density at radius 1 is 1.17 bits per heavy atom. The predicted octanol–water partition coefficient (Wildman–Crippen LogP) is 1.52. The van der Waals surface area contributed by atoms with E-state index < -0.39 is 23.4 Å². The number of aliphatic carboxylic acids is 1. The lowest BCUT2D eigenvalue weighted by Crippen LogP contribution is -2.60. The first-order valence-electron chi connectivity index (χ1n) is 9.11. The number of nitrogens with zero attached hydrogens (tertiary/aromatic N) is 2. The summed E-state index contributed by atoms with van der Waals surface area (Å²) < 4.78 is 1.78. The van der Waals surface area contributed by atoms with E-state index in [1.165, 1.54) is 23.6 Å². The molecule has 148 valence electrons. The second-order valence-corrected chi connectivity index (χ2v) is 8.14. The number of aliphatic hydroxyl groups excluding tert-OH is 1. The third kappa shape index (κ3) is 3.34. The molecule has 0 unspecified atom stereocenters. The van der Waals surface area contributed by atoms with Gasteiger partial charge in [-0.15, -0.1) is 0 Å². The lowest BCUT2D eigenvalue weighted by atomic mass is 9.92. The van der Waals surface area contributed by atoms with Gasteiger partial charge in [0.1, 0.15) is 11.1 Å². The van der Waals surface area contributed by atoms with Crippen LogP contribution in [0.1, 0.15) is 22.8 Å². The molecule has 2 aromatic rings. The van der Waals surface area contributed by atoms with Crippen LogP contribution in [0.2, 0.25) is 0 Å². The molecular weight excluding hydrogens is 392 g/mol. The molecule has 1 saturated heterocycles. The monoisotopic (exact) mass is 411 g/mol. The Hall–Kier alpha value is -2.97. The SMILES string of the molecule is C[C@@H](O)[C@H]1C(=O)N2C(C(=O)O)=C(c3ccc(C(=O)C[n+]4ccccc4)cc3)S[C@H]12. The normalized spacial score (nSPS) is 21.6. The lowest BCUT2D eigenvalue weighted by molar-refractivity contribution is -0.683. The van der Waals surface area contributed by atoms with E-state index in [0.29, 0.717) is 16.0 Å². The molecule has 0 spiro atoms. The van der Waals surface area contributed by atoms with Crippen molar-refractivity contribution in [3.05, 3.63) is 71.7 Å². The van der Waals surface area contributed by atoms with Gasteiger partial charge in [-0.2, -0.15) is 4.57 Å². The fraction of sp³-hybridized carbons (Fsp3) is 0.238. The van der Waals surface area contributed by atoms with E-state index in [-0.39, 0.29) is 23.9 Å². The number of carboxylic acid groups (broad SMARTS) is 1. The number of aromatic nitrogens is 1. The Labute approximate surface area is 171 Å². The smallest absolute Gasteiger partial charge is 0.353 e. The van der Waals surface area contributed by atoms with Gasteiger partial charge in [0.2, 0.25) is 18.2 Å². The van der Waals surface area contributed by atoms with Gasteiger partial charge < -0.3 is 10.2 Å². The first kappa shape index (κ1) is 19.4. The number of thioether (sulfide) groups is 1. The second kappa shape index (κ2) is 7.46. The molecule has 7 nitrogen and oxygen atoms in total. The van der Waals surface area contributed by atoms with Crippen LogP contribution in [-0.2, 0) is 16.1 Å². The van der Waals surface area contributed by atoms with Crippen LogP contribution in [0.5, 0.6) is 0 Å². The van der Waals surface area contributed by atoms with Crippen LogP contribution < -0.4 is 4.57 Å². The maximum absolute atomic E-state index is 12.5. The maximum Gasteiger partial charge on any atom is 0.353 e. The quantitative estimate of drug-likeness (QED) is 0.425. The van der Waals surface area contributed by atoms with Crippen LogP contribution in [0.15, 0.2) is 60.6 Å². The van der Waals surface area contributed by atoms with Crippen molar-refractivity contribution >= 4 is 34.3 Å². The van der Waals surface area contributed by atoms with Gasteiger partial charge in [-0.1, -0.05) is 42.1 Å². The third-order valence-corrected chi connectivity index (χ3v) is 6.48. The number of fused-ring (bicyclic) bond motifs is 1. The Morgan fingerprint density at radius 3 is 2.41 bits per heavy atom. The molecule has 2 N–H and O–H groups in total. The van der Waals surface area contributed by atoms with Crippen molar-refractivity contribution in [2.24, 2.45) is 5.92 Å². The number of carboxylic acids is 1. The first-order valence-corrected chi connectivity index (χ1v) is 9.99. The van der Waals surface area contributed by atoms with Crippen molar-refractivity contribution in [1.29, 1.82) is 0 Å². The van der Waals surface area contributed by atoms with Crippen LogP contribution in [0.3, 0.4) is 0 Å². The van der Waals surface area contributed by atoms with Gasteiger partial charge in [-0.3, -0.25) is 14.5 Å². The summed E-state index contributed by atoms with van der Waals surface area (Å²) in [6.45, 7) is 1.74. The Balaban J connectivity index is 1.58. The van der Waals surface area contributed by atoms with Gasteiger partial charge >= 0.3 is 5.97 Å². The molecule has 3 heterocycles. The molecule has 1 amide bonds. The number of Topliss-reactive ketones (excluding diaryl/α,β-unsaturated/α-hetero) is 1. The van der Waals surface area contributed by atoms with Crippen molar-refractivity contribution in [3.63, 3.8) is 0 Å². The van der Waals surface area contributed by atoms with E-state index in [9.17, 15) is 24.6 Å². The van der Waals surface area contributed by atoms with Crippen molar-refractivity contribution in [3.8, 4) is 0 Å². The number of amides is 1. The van der Waals surface area contributed by atoms with Crippen LogP contribution in [0.4, 0.5) is 0 Å². The number of pyridine rings is 1. The maximum atomic E-state index is 12.5. The highest BCUT2D eigenvalue weighted by Gasteiger charge is 2.57. The van der Waals surface area contributed by atoms with Gasteiger partial charge in [0, 0.05) is 22.6 Å². The van der Waals surface area contributed by atoms with Gasteiger partial charge in [-0.05, 0) is 12.5 Å². The zero-order valence-electron chi connectivity index (χ0n) is 15.6. The number of aliphatic hydroxyl groups is 1. The number of carbonyl (C=O) groups excluding carboxylic acids is 2. The van der Waals surface area contributed by atoms with Crippen molar-refractivity contribution in [2.75, 3.05) is 0 Å².